The summed E-state index contributed by atoms with van der Waals surface area (Å²) in [5.41, 5.74) is 1.23. The number of carboxylic acid groups (broad SMARTS) is 1. The molecular weight excluding hydrogens is 214 g/mol. The summed E-state index contributed by atoms with van der Waals surface area (Å²) in [6.45, 7) is 1.89. The van der Waals surface area contributed by atoms with E-state index in [-0.39, 0.29) is 63.8 Å². The molecule has 1 N–H and O–H groups in total. The fourth-order valence-electron chi connectivity index (χ4n) is 0.636. The van der Waals surface area contributed by atoms with E-state index >= 15 is 0 Å². The summed E-state index contributed by atoms with van der Waals surface area (Å²) in [7, 11) is 0. The van der Waals surface area contributed by atoms with Crippen LogP contribution in [0.5, 0.6) is 0 Å². The molecule has 1 aromatic rings. The summed E-state index contributed by atoms with van der Waals surface area (Å²) in [6.07, 6.45) is 0. The molecule has 0 amide bonds. The van der Waals surface area contributed by atoms with Gasteiger partial charge in [0.1, 0.15) is 0 Å². The number of benzene rings is 1. The maximum absolute atomic E-state index is 10.3. The molecule has 0 saturated heterocycles. The molecular formula is C8H7O2Rb. The first-order chi connectivity index (χ1) is 4.70. The second-order valence-electron chi connectivity index (χ2n) is 2.08. The first kappa shape index (κ1) is 11.5. The Balaban J connectivity index is 0.000001000. The largest absolute Gasteiger partial charge is 1.00 e. The Bertz CT molecular complexity index is 241. The zero-order chi connectivity index (χ0) is 7.56. The number of hydrogen-bond donors (Lipinski definition) is 1. The third-order valence-corrected chi connectivity index (χ3v) is 1.20. The van der Waals surface area contributed by atoms with Gasteiger partial charge in [-0.3, -0.25) is 0 Å². The van der Waals surface area contributed by atoms with Gasteiger partial charge in [0.15, 0.2) is 0 Å². The maximum atomic E-state index is 10.3. The molecule has 0 aliphatic carbocycles. The normalized spacial score (nSPS) is 8.45. The van der Waals surface area contributed by atoms with E-state index < -0.39 is 5.97 Å². The first-order valence-electron chi connectivity index (χ1n) is 2.92. The monoisotopic (exact) mass is 220 g/mol. The molecule has 0 aliphatic heterocycles. The Morgan fingerprint density at radius 1 is 1.55 bits per heavy atom. The molecule has 1 rings (SSSR count). The van der Waals surface area contributed by atoms with E-state index in [1.54, 1.807) is 12.1 Å². The molecule has 0 aliphatic rings. The van der Waals surface area contributed by atoms with E-state index in [4.69, 9.17) is 5.11 Å². The van der Waals surface area contributed by atoms with Crippen molar-refractivity contribution in [3.05, 3.63) is 35.4 Å². The van der Waals surface area contributed by atoms with Crippen molar-refractivity contribution in [2.24, 2.45) is 0 Å². The number of hydrogen-bond acceptors (Lipinski definition) is 1. The molecule has 2 nitrogen and oxygen atoms in total. The second kappa shape index (κ2) is 5.20. The second-order valence-corrected chi connectivity index (χ2v) is 2.08. The summed E-state index contributed by atoms with van der Waals surface area (Å²) in [4.78, 5) is 10.3. The van der Waals surface area contributed by atoms with Gasteiger partial charge in [0.2, 0.25) is 5.97 Å². The number of aryl methyl sites for hydroxylation is 1. The van der Waals surface area contributed by atoms with Crippen LogP contribution in [0.4, 0.5) is 0 Å². The van der Waals surface area contributed by atoms with E-state index in [9.17, 15) is 4.79 Å². The van der Waals surface area contributed by atoms with Crippen LogP contribution in [0.1, 0.15) is 15.9 Å². The van der Waals surface area contributed by atoms with Crippen molar-refractivity contribution in [2.75, 3.05) is 0 Å². The van der Waals surface area contributed by atoms with Gasteiger partial charge in [-0.15, -0.1) is 29.8 Å². The Hall–Kier alpha value is 0.495. The van der Waals surface area contributed by atoms with Gasteiger partial charge >= 0.3 is 58.2 Å². The molecule has 0 fully saturated rings. The van der Waals surface area contributed by atoms with Gasteiger partial charge in [-0.1, -0.05) is 12.5 Å². The predicted molar refractivity (Wildman–Crippen MR) is 37.0 cm³/mol. The molecule has 0 unspecified atom stereocenters. The van der Waals surface area contributed by atoms with Crippen LogP contribution in [0.15, 0.2) is 18.2 Å². The van der Waals surface area contributed by atoms with Crippen LogP contribution in [0.2, 0.25) is 0 Å². The molecule has 0 aromatic heterocycles. The Labute approximate surface area is 114 Å². The molecule has 11 heavy (non-hydrogen) atoms. The predicted octanol–water partition coefficient (Wildman–Crippen LogP) is -1.50. The molecule has 0 saturated carbocycles. The van der Waals surface area contributed by atoms with Crippen LogP contribution in [0.3, 0.4) is 0 Å². The molecule has 3 heteroatoms. The summed E-state index contributed by atoms with van der Waals surface area (Å²) < 4.78 is 0. The van der Waals surface area contributed by atoms with Crippen molar-refractivity contribution in [1.29, 1.82) is 0 Å². The minimum absolute atomic E-state index is 0. The van der Waals surface area contributed by atoms with E-state index in [1.165, 1.54) is 6.07 Å². The van der Waals surface area contributed by atoms with Crippen LogP contribution < -0.4 is 58.2 Å². The zero-order valence-corrected chi connectivity index (χ0v) is 11.5. The average Bonchev–Trinajstić information content (AvgIpc) is 1.88. The molecule has 1 aromatic carbocycles. The summed E-state index contributed by atoms with van der Waals surface area (Å²) in [5.74, 6) is -0.931. The van der Waals surface area contributed by atoms with Crippen molar-refractivity contribution in [1.82, 2.24) is 0 Å². The molecule has 0 heterocycles. The van der Waals surface area contributed by atoms with Crippen LogP contribution in [-0.2, 0) is 0 Å². The number of carboxylic acids is 1. The standard InChI is InChI=1S/C8H7O2.Rb/c1-6-2-4-7(5-3-6)8(9)10;/h2-4H,1H3,(H,9,10);/q-1;+1. The fourth-order valence-corrected chi connectivity index (χ4v) is 0.636. The quantitative estimate of drug-likeness (QED) is 0.585. The van der Waals surface area contributed by atoms with Crippen molar-refractivity contribution in [2.45, 2.75) is 6.92 Å². The Morgan fingerprint density at radius 2 is 2.18 bits per heavy atom. The van der Waals surface area contributed by atoms with Gasteiger partial charge in [0.05, 0.1) is 0 Å². The smallest absolute Gasteiger partial charge is 0.521 e. The van der Waals surface area contributed by atoms with E-state index in [1.807, 2.05) is 6.92 Å². The van der Waals surface area contributed by atoms with Gasteiger partial charge in [-0.05, 0) is 0 Å². The van der Waals surface area contributed by atoms with Gasteiger partial charge in [0, 0.05) is 0 Å². The van der Waals surface area contributed by atoms with Crippen molar-refractivity contribution >= 4 is 5.97 Å². The third-order valence-electron chi connectivity index (χ3n) is 1.20. The summed E-state index contributed by atoms with van der Waals surface area (Å²) in [6, 6.07) is 7.58. The maximum Gasteiger partial charge on any atom is 1.00 e. The summed E-state index contributed by atoms with van der Waals surface area (Å²) in [5, 5.41) is 8.44. The van der Waals surface area contributed by atoms with Gasteiger partial charge in [-0.25, -0.2) is 0 Å². The number of rotatable bonds is 1. The molecule has 52 valence electrons. The topological polar surface area (TPSA) is 37.3 Å². The first-order valence-corrected chi connectivity index (χ1v) is 2.92. The minimum atomic E-state index is -0.931. The fraction of sp³-hybridized carbons (Fsp3) is 0.125. The van der Waals surface area contributed by atoms with Crippen LogP contribution in [0.25, 0.3) is 0 Å². The van der Waals surface area contributed by atoms with Crippen molar-refractivity contribution in [3.63, 3.8) is 0 Å². The molecule has 0 radical (unpaired) electrons. The van der Waals surface area contributed by atoms with E-state index in [0.717, 1.165) is 5.56 Å². The zero-order valence-electron chi connectivity index (χ0n) is 6.59. The third kappa shape index (κ3) is 3.60. The van der Waals surface area contributed by atoms with Gasteiger partial charge in [0.25, 0.3) is 0 Å². The van der Waals surface area contributed by atoms with Crippen LogP contribution in [0, 0.1) is 13.0 Å². The molecule has 0 bridgehead atoms. The van der Waals surface area contributed by atoms with Crippen molar-refractivity contribution in [3.8, 4) is 0 Å². The van der Waals surface area contributed by atoms with Crippen LogP contribution >= 0.6 is 0 Å². The van der Waals surface area contributed by atoms with Crippen LogP contribution in [-0.4, -0.2) is 11.1 Å². The SMILES string of the molecule is Cc1c[c-]c(C(=O)O)cc1.[Rb+]. The average molecular weight is 221 g/mol. The van der Waals surface area contributed by atoms with Gasteiger partial charge < -0.3 is 9.90 Å². The van der Waals surface area contributed by atoms with E-state index in [2.05, 4.69) is 6.07 Å². The minimum Gasteiger partial charge on any atom is -0.521 e. The van der Waals surface area contributed by atoms with E-state index in [0.29, 0.717) is 0 Å². The number of aromatic carboxylic acids is 1. The number of carbonyl (C=O) groups is 1. The van der Waals surface area contributed by atoms with Gasteiger partial charge in [-0.2, -0.15) is 0 Å². The summed E-state index contributed by atoms with van der Waals surface area (Å²) >= 11 is 0. The van der Waals surface area contributed by atoms with Crippen molar-refractivity contribution < 1.29 is 68.1 Å². The Kier molecular flexibility index (Phi) is 5.43. The molecule has 0 spiro atoms. The molecule has 0 atom stereocenters. The Morgan fingerprint density at radius 3 is 2.55 bits per heavy atom.